The molecule has 2 nitrogen and oxygen atoms in total. The summed E-state index contributed by atoms with van der Waals surface area (Å²) in [6.45, 7) is 14.2. The Morgan fingerprint density at radius 3 is 2.00 bits per heavy atom. The molecule has 2 aliphatic heterocycles. The van der Waals surface area contributed by atoms with Gasteiger partial charge in [0.1, 0.15) is 11.2 Å². The highest BCUT2D eigenvalue weighted by Gasteiger charge is 2.45. The zero-order valence-electron chi connectivity index (χ0n) is 28.0. The van der Waals surface area contributed by atoms with Gasteiger partial charge in [-0.2, -0.15) is 0 Å². The number of anilines is 3. The first-order valence-electron chi connectivity index (χ1n) is 16.8. The highest BCUT2D eigenvalue weighted by atomic mass is 16.3. The molecule has 228 valence electrons. The number of hydrogen-bond donors (Lipinski definition) is 0. The van der Waals surface area contributed by atoms with Gasteiger partial charge in [0, 0.05) is 27.8 Å². The van der Waals surface area contributed by atoms with Crippen molar-refractivity contribution in [2.24, 2.45) is 0 Å². The van der Waals surface area contributed by atoms with Crippen LogP contribution in [0.2, 0.25) is 0 Å². The number of hydrogen-bond acceptors (Lipinski definition) is 2. The zero-order valence-corrected chi connectivity index (χ0v) is 28.0. The van der Waals surface area contributed by atoms with Crippen molar-refractivity contribution in [1.82, 2.24) is 0 Å². The Balaban J connectivity index is 1.44. The van der Waals surface area contributed by atoms with Gasteiger partial charge in [-0.15, -0.1) is 0 Å². The maximum atomic E-state index is 6.38. The molecule has 0 spiro atoms. The summed E-state index contributed by atoms with van der Waals surface area (Å²) in [6.07, 6.45) is 0. The molecule has 0 unspecified atom stereocenters. The lowest BCUT2D eigenvalue weighted by Gasteiger charge is -2.41. The van der Waals surface area contributed by atoms with Crippen molar-refractivity contribution >= 4 is 62.1 Å². The molecule has 1 aromatic heterocycles. The molecule has 0 saturated carbocycles. The number of benzene rings is 6. The van der Waals surface area contributed by atoms with E-state index in [4.69, 9.17) is 4.42 Å². The van der Waals surface area contributed by atoms with Gasteiger partial charge in [0.15, 0.2) is 0 Å². The number of para-hydroxylation sites is 3. The number of rotatable bonds is 2. The van der Waals surface area contributed by atoms with E-state index >= 15 is 0 Å². The standard InChI is InChI=1S/C44H38BNO/c1-43(2,3)32-18-9-11-22-36(32)46-37-26-27(28-17-13-24-39-40(28)30-16-8-12-23-38(30)47-39)25-31-29-15-7-10-20-34(29)45(41(31)37)35-21-14-19-33(42(35)46)44(4,5)6/h7-26H,1-6H3. The Hall–Kier alpha value is -5.02. The smallest absolute Gasteiger partial charge is 0.248 e. The van der Waals surface area contributed by atoms with Crippen molar-refractivity contribution in [2.75, 3.05) is 4.90 Å². The predicted molar refractivity (Wildman–Crippen MR) is 201 cm³/mol. The fourth-order valence-corrected chi connectivity index (χ4v) is 8.32. The van der Waals surface area contributed by atoms with E-state index in [2.05, 4.69) is 168 Å². The highest BCUT2D eigenvalue weighted by molar-refractivity contribution is 7.01. The summed E-state index contributed by atoms with van der Waals surface area (Å²) in [7, 11) is 0. The second-order valence-electron chi connectivity index (χ2n) is 15.3. The van der Waals surface area contributed by atoms with Crippen LogP contribution in [-0.4, -0.2) is 6.71 Å². The first-order chi connectivity index (χ1) is 22.6. The van der Waals surface area contributed by atoms with E-state index in [9.17, 15) is 0 Å². The topological polar surface area (TPSA) is 16.4 Å². The third kappa shape index (κ3) is 4.05. The minimum Gasteiger partial charge on any atom is -0.456 e. The molecular formula is C44H38BNO. The van der Waals surface area contributed by atoms with Crippen LogP contribution in [0.15, 0.2) is 126 Å². The van der Waals surface area contributed by atoms with Crippen LogP contribution in [0.3, 0.4) is 0 Å². The largest absolute Gasteiger partial charge is 0.456 e. The summed E-state index contributed by atoms with van der Waals surface area (Å²) >= 11 is 0. The fraction of sp³-hybridized carbons (Fsp3) is 0.182. The van der Waals surface area contributed by atoms with Crippen LogP contribution >= 0.6 is 0 Å². The third-order valence-electron chi connectivity index (χ3n) is 10.3. The lowest BCUT2D eigenvalue weighted by Crippen LogP contribution is -2.55. The normalized spacial score (nSPS) is 13.7. The molecule has 0 amide bonds. The molecule has 47 heavy (non-hydrogen) atoms. The van der Waals surface area contributed by atoms with E-state index in [0.717, 1.165) is 16.6 Å². The molecule has 0 aliphatic carbocycles. The summed E-state index contributed by atoms with van der Waals surface area (Å²) in [5.41, 5.74) is 17.5. The third-order valence-corrected chi connectivity index (χ3v) is 10.3. The molecule has 0 atom stereocenters. The molecular weight excluding hydrogens is 569 g/mol. The monoisotopic (exact) mass is 607 g/mol. The van der Waals surface area contributed by atoms with E-state index in [1.165, 1.54) is 72.2 Å². The van der Waals surface area contributed by atoms with Gasteiger partial charge in [0.25, 0.3) is 0 Å². The van der Waals surface area contributed by atoms with E-state index in [1.807, 2.05) is 0 Å². The molecule has 3 heterocycles. The molecule has 7 aromatic rings. The van der Waals surface area contributed by atoms with E-state index in [-0.39, 0.29) is 17.5 Å². The molecule has 0 fully saturated rings. The first kappa shape index (κ1) is 28.2. The molecule has 0 saturated heterocycles. The Bertz CT molecular complexity index is 2400. The average molecular weight is 608 g/mol. The van der Waals surface area contributed by atoms with E-state index in [0.29, 0.717) is 0 Å². The molecule has 2 aliphatic rings. The van der Waals surface area contributed by atoms with Crippen LogP contribution in [0.5, 0.6) is 0 Å². The molecule has 3 heteroatoms. The van der Waals surface area contributed by atoms with Crippen molar-refractivity contribution in [2.45, 2.75) is 52.4 Å². The molecule has 9 rings (SSSR count). The summed E-state index contributed by atoms with van der Waals surface area (Å²) in [5, 5.41) is 2.33. The van der Waals surface area contributed by atoms with E-state index < -0.39 is 0 Å². The van der Waals surface area contributed by atoms with Crippen LogP contribution < -0.4 is 21.3 Å². The zero-order chi connectivity index (χ0) is 32.2. The van der Waals surface area contributed by atoms with Gasteiger partial charge in [0.05, 0.1) is 0 Å². The summed E-state index contributed by atoms with van der Waals surface area (Å²) in [6, 6.07) is 44.9. The average Bonchev–Trinajstić information content (AvgIpc) is 3.61. The van der Waals surface area contributed by atoms with Crippen molar-refractivity contribution < 1.29 is 4.42 Å². The quantitative estimate of drug-likeness (QED) is 0.182. The molecule has 0 N–H and O–H groups in total. The first-order valence-corrected chi connectivity index (χ1v) is 16.8. The Morgan fingerprint density at radius 2 is 1.17 bits per heavy atom. The second-order valence-corrected chi connectivity index (χ2v) is 15.3. The summed E-state index contributed by atoms with van der Waals surface area (Å²) in [5.74, 6) is 0. The van der Waals surface area contributed by atoms with Crippen LogP contribution in [-0.2, 0) is 10.8 Å². The molecule has 0 bridgehead atoms. The van der Waals surface area contributed by atoms with Crippen LogP contribution in [0.4, 0.5) is 17.1 Å². The minimum atomic E-state index is -0.0579. The lowest BCUT2D eigenvalue weighted by molar-refractivity contribution is 0.587. The van der Waals surface area contributed by atoms with Crippen molar-refractivity contribution in [1.29, 1.82) is 0 Å². The van der Waals surface area contributed by atoms with Crippen LogP contribution in [0, 0.1) is 0 Å². The summed E-state index contributed by atoms with van der Waals surface area (Å²) < 4.78 is 6.38. The maximum Gasteiger partial charge on any atom is 0.248 e. The number of fused-ring (bicyclic) bond motifs is 8. The maximum absolute atomic E-state index is 6.38. The Morgan fingerprint density at radius 1 is 0.532 bits per heavy atom. The van der Waals surface area contributed by atoms with Crippen molar-refractivity contribution in [3.63, 3.8) is 0 Å². The predicted octanol–water partition coefficient (Wildman–Crippen LogP) is 10.1. The SMILES string of the molecule is CC(C)(C)c1ccccc1N1c2cc(-c3cccc4oc5ccccc5c34)cc3c2B(c2ccccc2-3)c2cccc(C(C)(C)C)c21. The van der Waals surface area contributed by atoms with Crippen LogP contribution in [0.25, 0.3) is 44.2 Å². The van der Waals surface area contributed by atoms with Crippen molar-refractivity contribution in [3.8, 4) is 22.3 Å². The van der Waals surface area contributed by atoms with Gasteiger partial charge in [-0.05, 0) is 85.5 Å². The van der Waals surface area contributed by atoms with Crippen molar-refractivity contribution in [3.05, 3.63) is 132 Å². The number of nitrogens with zero attached hydrogens (tertiary/aromatic N) is 1. The van der Waals surface area contributed by atoms with Gasteiger partial charge < -0.3 is 9.32 Å². The Labute approximate surface area is 277 Å². The van der Waals surface area contributed by atoms with Gasteiger partial charge in [-0.25, -0.2) is 0 Å². The van der Waals surface area contributed by atoms with E-state index in [1.54, 1.807) is 0 Å². The van der Waals surface area contributed by atoms with Crippen LogP contribution in [0.1, 0.15) is 52.7 Å². The Kier molecular flexibility index (Phi) is 5.85. The fourth-order valence-electron chi connectivity index (χ4n) is 8.32. The van der Waals surface area contributed by atoms with Gasteiger partial charge in [-0.1, -0.05) is 138 Å². The highest BCUT2D eigenvalue weighted by Crippen LogP contribution is 2.49. The van der Waals surface area contributed by atoms with Gasteiger partial charge in [0.2, 0.25) is 6.71 Å². The van der Waals surface area contributed by atoms with Gasteiger partial charge >= 0.3 is 0 Å². The summed E-state index contributed by atoms with van der Waals surface area (Å²) in [4.78, 5) is 2.62. The van der Waals surface area contributed by atoms with Gasteiger partial charge in [-0.3, -0.25) is 0 Å². The second kappa shape index (κ2) is 9.75. The number of furan rings is 1. The molecule has 0 radical (unpaired) electrons. The minimum absolute atomic E-state index is 0.0463. The lowest BCUT2D eigenvalue weighted by atomic mass is 9.36. The molecule has 6 aromatic carbocycles.